The first-order valence-electron chi connectivity index (χ1n) is 9.17. The van der Waals surface area contributed by atoms with Crippen LogP contribution in [0.3, 0.4) is 0 Å². The summed E-state index contributed by atoms with van der Waals surface area (Å²) in [4.78, 5) is 14.7. The Hall–Kier alpha value is -2.58. The minimum absolute atomic E-state index is 0.0362. The standard InChI is InChI=1S/C20H25N5O2S/c1-4-25-19(17-11-8-12-27-17)22-23-20(25)28-14-18(26)21-16(13-24(2)3)15-9-6-5-7-10-15/h5-12,16H,4,13-14H2,1-3H3,(H,21,26)/t16-/m0/s1. The molecule has 0 aliphatic rings. The van der Waals surface area contributed by atoms with E-state index in [0.717, 1.165) is 12.1 Å². The maximum atomic E-state index is 12.6. The number of carbonyl (C=O) groups is 1. The largest absolute Gasteiger partial charge is 0.461 e. The molecule has 0 fully saturated rings. The van der Waals surface area contributed by atoms with Crippen LogP contribution < -0.4 is 5.32 Å². The summed E-state index contributed by atoms with van der Waals surface area (Å²) in [5, 5.41) is 12.3. The molecule has 28 heavy (non-hydrogen) atoms. The second kappa shape index (κ2) is 9.57. The van der Waals surface area contributed by atoms with Gasteiger partial charge in [0.15, 0.2) is 16.7 Å². The summed E-state index contributed by atoms with van der Waals surface area (Å²) in [6.45, 7) is 3.44. The zero-order valence-corrected chi connectivity index (χ0v) is 17.1. The van der Waals surface area contributed by atoms with Gasteiger partial charge in [0.05, 0.1) is 18.1 Å². The Morgan fingerprint density at radius 3 is 2.64 bits per heavy atom. The fraction of sp³-hybridized carbons (Fsp3) is 0.350. The maximum absolute atomic E-state index is 12.6. The average molecular weight is 400 g/mol. The number of rotatable bonds is 9. The van der Waals surface area contributed by atoms with Gasteiger partial charge in [-0.1, -0.05) is 42.1 Å². The number of carbonyl (C=O) groups excluding carboxylic acids is 1. The fourth-order valence-electron chi connectivity index (χ4n) is 2.92. The summed E-state index contributed by atoms with van der Waals surface area (Å²) in [5.74, 6) is 1.57. The highest BCUT2D eigenvalue weighted by molar-refractivity contribution is 7.99. The third kappa shape index (κ3) is 5.02. The van der Waals surface area contributed by atoms with E-state index < -0.39 is 0 Å². The van der Waals surface area contributed by atoms with Crippen LogP contribution in [0.4, 0.5) is 0 Å². The number of benzene rings is 1. The third-order valence-electron chi connectivity index (χ3n) is 4.19. The highest BCUT2D eigenvalue weighted by atomic mass is 32.2. The molecule has 1 N–H and O–H groups in total. The molecule has 0 spiro atoms. The molecule has 2 heterocycles. The van der Waals surface area contributed by atoms with Gasteiger partial charge in [0.2, 0.25) is 5.91 Å². The molecule has 0 aliphatic carbocycles. The summed E-state index contributed by atoms with van der Waals surface area (Å²) >= 11 is 1.38. The lowest BCUT2D eigenvalue weighted by molar-refractivity contribution is -0.119. The van der Waals surface area contributed by atoms with Gasteiger partial charge in [-0.25, -0.2) is 0 Å². The lowest BCUT2D eigenvalue weighted by atomic mass is 10.1. The molecule has 0 radical (unpaired) electrons. The average Bonchev–Trinajstić information content (AvgIpc) is 3.35. The molecule has 0 unspecified atom stereocenters. The van der Waals surface area contributed by atoms with Crippen LogP contribution in [-0.2, 0) is 11.3 Å². The lowest BCUT2D eigenvalue weighted by Crippen LogP contribution is -2.36. The molecule has 0 saturated heterocycles. The van der Waals surface area contributed by atoms with Crippen molar-refractivity contribution in [2.24, 2.45) is 0 Å². The maximum Gasteiger partial charge on any atom is 0.231 e. The van der Waals surface area contributed by atoms with Gasteiger partial charge in [-0.3, -0.25) is 9.36 Å². The van der Waals surface area contributed by atoms with Crippen LogP contribution in [0.25, 0.3) is 11.6 Å². The van der Waals surface area contributed by atoms with E-state index >= 15 is 0 Å². The smallest absolute Gasteiger partial charge is 0.231 e. The Morgan fingerprint density at radius 1 is 1.21 bits per heavy atom. The van der Waals surface area contributed by atoms with Crippen molar-refractivity contribution in [1.82, 2.24) is 25.0 Å². The highest BCUT2D eigenvalue weighted by Crippen LogP contribution is 2.24. The predicted molar refractivity (Wildman–Crippen MR) is 110 cm³/mol. The molecule has 1 aromatic carbocycles. The fourth-order valence-corrected chi connectivity index (χ4v) is 3.73. The molecular formula is C20H25N5O2S. The molecule has 0 aliphatic heterocycles. The number of furan rings is 1. The van der Waals surface area contributed by atoms with E-state index in [1.165, 1.54) is 11.8 Å². The zero-order valence-electron chi connectivity index (χ0n) is 16.3. The predicted octanol–water partition coefficient (Wildman–Crippen LogP) is 3.07. The Balaban J connectivity index is 1.65. The van der Waals surface area contributed by atoms with Crippen molar-refractivity contribution in [3.8, 4) is 11.6 Å². The molecule has 1 atom stereocenters. The number of thioether (sulfide) groups is 1. The third-order valence-corrected chi connectivity index (χ3v) is 5.16. The van der Waals surface area contributed by atoms with Crippen molar-refractivity contribution < 1.29 is 9.21 Å². The first-order valence-corrected chi connectivity index (χ1v) is 10.2. The topological polar surface area (TPSA) is 76.2 Å². The van der Waals surface area contributed by atoms with Crippen molar-refractivity contribution in [1.29, 1.82) is 0 Å². The second-order valence-corrected chi connectivity index (χ2v) is 7.55. The summed E-state index contributed by atoms with van der Waals surface area (Å²) in [5.41, 5.74) is 1.09. The van der Waals surface area contributed by atoms with E-state index in [1.807, 2.05) is 68.1 Å². The molecule has 3 aromatic rings. The Labute approximate surface area is 169 Å². The van der Waals surface area contributed by atoms with Gasteiger partial charge < -0.3 is 14.6 Å². The van der Waals surface area contributed by atoms with Crippen molar-refractivity contribution in [3.05, 3.63) is 54.3 Å². The van der Waals surface area contributed by atoms with Crippen LogP contribution in [0.2, 0.25) is 0 Å². The van der Waals surface area contributed by atoms with Crippen LogP contribution in [-0.4, -0.2) is 52.0 Å². The van der Waals surface area contributed by atoms with Crippen molar-refractivity contribution in [2.75, 3.05) is 26.4 Å². The molecule has 2 aromatic heterocycles. The molecular weight excluding hydrogens is 374 g/mol. The molecule has 7 nitrogen and oxygen atoms in total. The number of amides is 1. The van der Waals surface area contributed by atoms with Crippen LogP contribution in [0.1, 0.15) is 18.5 Å². The minimum atomic E-state index is -0.0629. The van der Waals surface area contributed by atoms with Gasteiger partial charge in [-0.15, -0.1) is 10.2 Å². The lowest BCUT2D eigenvalue weighted by Gasteiger charge is -2.22. The summed E-state index contributed by atoms with van der Waals surface area (Å²) in [7, 11) is 3.99. The van der Waals surface area contributed by atoms with E-state index in [-0.39, 0.29) is 17.7 Å². The minimum Gasteiger partial charge on any atom is -0.461 e. The van der Waals surface area contributed by atoms with E-state index in [2.05, 4.69) is 20.4 Å². The van der Waals surface area contributed by atoms with Crippen molar-refractivity contribution in [2.45, 2.75) is 24.7 Å². The normalized spacial score (nSPS) is 12.3. The molecule has 3 rings (SSSR count). The van der Waals surface area contributed by atoms with E-state index in [0.29, 0.717) is 23.3 Å². The van der Waals surface area contributed by atoms with E-state index in [9.17, 15) is 4.79 Å². The van der Waals surface area contributed by atoms with Gasteiger partial charge in [0.25, 0.3) is 0 Å². The van der Waals surface area contributed by atoms with E-state index in [4.69, 9.17) is 4.42 Å². The number of nitrogens with one attached hydrogen (secondary N) is 1. The van der Waals surface area contributed by atoms with Crippen LogP contribution in [0.15, 0.2) is 58.3 Å². The van der Waals surface area contributed by atoms with Crippen molar-refractivity contribution in [3.63, 3.8) is 0 Å². The molecule has 0 bridgehead atoms. The number of likely N-dealkylation sites (N-methyl/N-ethyl adjacent to an activating group) is 1. The van der Waals surface area contributed by atoms with Gasteiger partial charge in [0.1, 0.15) is 0 Å². The molecule has 0 saturated carbocycles. The molecule has 8 heteroatoms. The Kier molecular flexibility index (Phi) is 6.89. The highest BCUT2D eigenvalue weighted by Gasteiger charge is 2.18. The number of aromatic nitrogens is 3. The summed E-state index contributed by atoms with van der Waals surface area (Å²) < 4.78 is 7.37. The van der Waals surface area contributed by atoms with E-state index in [1.54, 1.807) is 6.26 Å². The second-order valence-electron chi connectivity index (χ2n) is 6.61. The molecule has 1 amide bonds. The SMILES string of the molecule is CCn1c(SCC(=O)N[C@@H](CN(C)C)c2ccccc2)nnc1-c1ccco1. The summed E-state index contributed by atoms with van der Waals surface area (Å²) in [6, 6.07) is 13.6. The van der Waals surface area contributed by atoms with Gasteiger partial charge in [0, 0.05) is 13.1 Å². The number of nitrogens with zero attached hydrogens (tertiary/aromatic N) is 4. The number of hydrogen-bond acceptors (Lipinski definition) is 6. The number of hydrogen-bond donors (Lipinski definition) is 1. The monoisotopic (exact) mass is 399 g/mol. The van der Waals surface area contributed by atoms with Crippen molar-refractivity contribution >= 4 is 17.7 Å². The van der Waals surface area contributed by atoms with Crippen LogP contribution in [0, 0.1) is 0 Å². The quantitative estimate of drug-likeness (QED) is 0.557. The first kappa shape index (κ1) is 20.2. The van der Waals surface area contributed by atoms with Crippen LogP contribution >= 0.6 is 11.8 Å². The van der Waals surface area contributed by atoms with Crippen LogP contribution in [0.5, 0.6) is 0 Å². The zero-order chi connectivity index (χ0) is 19.9. The summed E-state index contributed by atoms with van der Waals surface area (Å²) in [6.07, 6.45) is 1.61. The molecule has 148 valence electrons. The Morgan fingerprint density at radius 2 is 2.00 bits per heavy atom. The Bertz CT molecular complexity index is 877. The van der Waals surface area contributed by atoms with Gasteiger partial charge in [-0.05, 0) is 38.7 Å². The van der Waals surface area contributed by atoms with Gasteiger partial charge in [-0.2, -0.15) is 0 Å². The first-order chi connectivity index (χ1) is 13.6. The van der Waals surface area contributed by atoms with Gasteiger partial charge >= 0.3 is 0 Å².